The first-order chi connectivity index (χ1) is 7.79. The van der Waals surface area contributed by atoms with Crippen LogP contribution >= 0.6 is 22.7 Å². The Morgan fingerprint density at radius 1 is 1.56 bits per heavy atom. The summed E-state index contributed by atoms with van der Waals surface area (Å²) >= 11 is 2.85. The number of carbonyl (C=O) groups is 1. The van der Waals surface area contributed by atoms with Crippen molar-refractivity contribution in [1.82, 2.24) is 10.2 Å². The number of thiophene rings is 1. The summed E-state index contributed by atoms with van der Waals surface area (Å²) in [5.74, 6) is -0.364. The Bertz CT molecular complexity index is 526. The van der Waals surface area contributed by atoms with Crippen molar-refractivity contribution in [1.29, 1.82) is 5.26 Å². The molecule has 0 unspecified atom stereocenters. The molecule has 0 atom stereocenters. The summed E-state index contributed by atoms with van der Waals surface area (Å²) in [6.07, 6.45) is -0.173. The fourth-order valence-corrected chi connectivity index (χ4v) is 2.56. The highest BCUT2D eigenvalue weighted by atomic mass is 32.1. The number of hydrogen-bond acceptors (Lipinski definition) is 6. The van der Waals surface area contributed by atoms with Gasteiger partial charge in [-0.1, -0.05) is 17.4 Å². The van der Waals surface area contributed by atoms with Crippen LogP contribution in [0.3, 0.4) is 0 Å². The van der Waals surface area contributed by atoms with Gasteiger partial charge in [0.05, 0.1) is 10.9 Å². The van der Waals surface area contributed by atoms with Gasteiger partial charge in [-0.2, -0.15) is 5.26 Å². The Morgan fingerprint density at radius 3 is 3.12 bits per heavy atom. The van der Waals surface area contributed by atoms with Crippen molar-refractivity contribution in [3.05, 3.63) is 17.5 Å². The van der Waals surface area contributed by atoms with Crippen LogP contribution in [0.1, 0.15) is 6.42 Å². The minimum absolute atomic E-state index is 0.173. The molecule has 0 aliphatic carbocycles. The van der Waals surface area contributed by atoms with E-state index >= 15 is 0 Å². The maximum absolute atomic E-state index is 11.1. The van der Waals surface area contributed by atoms with E-state index < -0.39 is 0 Å². The number of nitrogens with one attached hydrogen (secondary N) is 1. The maximum Gasteiger partial charge on any atom is 0.240 e. The van der Waals surface area contributed by atoms with Crippen molar-refractivity contribution in [3.63, 3.8) is 0 Å². The van der Waals surface area contributed by atoms with E-state index in [2.05, 4.69) is 15.5 Å². The molecule has 16 heavy (non-hydrogen) atoms. The molecule has 2 aromatic rings. The highest BCUT2D eigenvalue weighted by Crippen LogP contribution is 2.29. The second-order valence-electron chi connectivity index (χ2n) is 2.77. The van der Waals surface area contributed by atoms with Crippen molar-refractivity contribution in [2.45, 2.75) is 6.42 Å². The number of hydrogen-bond donors (Lipinski definition) is 1. The molecule has 0 saturated carbocycles. The Kier molecular flexibility index (Phi) is 3.24. The molecular weight excluding hydrogens is 244 g/mol. The lowest BCUT2D eigenvalue weighted by molar-refractivity contribution is -0.115. The molecule has 80 valence electrons. The minimum atomic E-state index is -0.364. The van der Waals surface area contributed by atoms with E-state index in [0.29, 0.717) is 5.13 Å². The lowest BCUT2D eigenvalue weighted by Gasteiger charge is -1.93. The fraction of sp³-hybridized carbons (Fsp3) is 0.111. The van der Waals surface area contributed by atoms with Crippen LogP contribution in [-0.4, -0.2) is 16.1 Å². The number of nitrogens with zero attached hydrogens (tertiary/aromatic N) is 3. The van der Waals surface area contributed by atoms with Gasteiger partial charge in [0.1, 0.15) is 6.42 Å². The predicted molar refractivity (Wildman–Crippen MR) is 62.1 cm³/mol. The van der Waals surface area contributed by atoms with Crippen LogP contribution in [0.4, 0.5) is 5.13 Å². The monoisotopic (exact) mass is 250 g/mol. The van der Waals surface area contributed by atoms with E-state index in [1.54, 1.807) is 17.4 Å². The van der Waals surface area contributed by atoms with Gasteiger partial charge in [0.2, 0.25) is 11.0 Å². The highest BCUT2D eigenvalue weighted by molar-refractivity contribution is 7.23. The van der Waals surface area contributed by atoms with Crippen LogP contribution in [0, 0.1) is 11.3 Å². The Hall–Kier alpha value is -1.78. The maximum atomic E-state index is 11.1. The van der Waals surface area contributed by atoms with Gasteiger partial charge < -0.3 is 0 Å². The smallest absolute Gasteiger partial charge is 0.240 e. The zero-order valence-corrected chi connectivity index (χ0v) is 9.64. The molecule has 0 aliphatic rings. The molecule has 0 aromatic carbocycles. The van der Waals surface area contributed by atoms with E-state index in [-0.39, 0.29) is 12.3 Å². The molecule has 0 aliphatic heterocycles. The lowest BCUT2D eigenvalue weighted by Crippen LogP contribution is -2.09. The second kappa shape index (κ2) is 4.83. The van der Waals surface area contributed by atoms with Crippen LogP contribution in [-0.2, 0) is 4.79 Å². The molecule has 0 spiro atoms. The first kappa shape index (κ1) is 10.7. The SMILES string of the molecule is N#CCC(=O)Nc1nnc(-c2cccs2)s1. The van der Waals surface area contributed by atoms with E-state index in [4.69, 9.17) is 5.26 Å². The molecule has 2 heterocycles. The second-order valence-corrected chi connectivity index (χ2v) is 4.70. The average Bonchev–Trinajstić information content (AvgIpc) is 2.86. The van der Waals surface area contributed by atoms with Crippen molar-refractivity contribution in [2.75, 3.05) is 5.32 Å². The lowest BCUT2D eigenvalue weighted by atomic mass is 10.4. The molecule has 0 fully saturated rings. The van der Waals surface area contributed by atoms with E-state index in [1.165, 1.54) is 11.3 Å². The number of amides is 1. The Morgan fingerprint density at radius 2 is 2.44 bits per heavy atom. The standard InChI is InChI=1S/C9H6N4OS2/c10-4-3-7(14)11-9-13-12-8(16-9)6-2-1-5-15-6/h1-2,5H,3H2,(H,11,13,14). The van der Waals surface area contributed by atoms with Gasteiger partial charge in [-0.3, -0.25) is 10.1 Å². The third kappa shape index (κ3) is 2.42. The van der Waals surface area contributed by atoms with Gasteiger partial charge in [0.15, 0.2) is 5.01 Å². The zero-order chi connectivity index (χ0) is 11.4. The van der Waals surface area contributed by atoms with E-state index in [9.17, 15) is 4.79 Å². The minimum Gasteiger partial charge on any atom is -0.300 e. The number of carbonyl (C=O) groups excluding carboxylic acids is 1. The van der Waals surface area contributed by atoms with Gasteiger partial charge in [0.25, 0.3) is 0 Å². The van der Waals surface area contributed by atoms with Crippen LogP contribution in [0.2, 0.25) is 0 Å². The largest absolute Gasteiger partial charge is 0.300 e. The fourth-order valence-electron chi connectivity index (χ4n) is 1.01. The third-order valence-electron chi connectivity index (χ3n) is 1.64. The topological polar surface area (TPSA) is 78.7 Å². The summed E-state index contributed by atoms with van der Waals surface area (Å²) < 4.78 is 0. The first-order valence-electron chi connectivity index (χ1n) is 4.34. The number of rotatable bonds is 3. The summed E-state index contributed by atoms with van der Waals surface area (Å²) in [4.78, 5) is 12.1. The molecule has 2 rings (SSSR count). The average molecular weight is 250 g/mol. The number of nitriles is 1. The Balaban J connectivity index is 2.09. The van der Waals surface area contributed by atoms with Gasteiger partial charge in [-0.25, -0.2) is 0 Å². The van der Waals surface area contributed by atoms with Crippen molar-refractivity contribution < 1.29 is 4.79 Å². The summed E-state index contributed by atoms with van der Waals surface area (Å²) in [7, 11) is 0. The summed E-state index contributed by atoms with van der Waals surface area (Å²) in [5, 5.41) is 21.8. The van der Waals surface area contributed by atoms with Crippen molar-refractivity contribution >= 4 is 33.7 Å². The molecule has 7 heteroatoms. The molecule has 1 amide bonds. The van der Waals surface area contributed by atoms with Crippen LogP contribution in [0.5, 0.6) is 0 Å². The van der Waals surface area contributed by atoms with Gasteiger partial charge in [0, 0.05) is 0 Å². The van der Waals surface area contributed by atoms with Crippen LogP contribution < -0.4 is 5.32 Å². The molecule has 0 radical (unpaired) electrons. The molecular formula is C9H6N4OS2. The number of anilines is 1. The first-order valence-corrected chi connectivity index (χ1v) is 6.03. The van der Waals surface area contributed by atoms with E-state index in [0.717, 1.165) is 9.88 Å². The van der Waals surface area contributed by atoms with Crippen molar-refractivity contribution in [3.8, 4) is 16.0 Å². The Labute approximate surface area is 99.4 Å². The highest BCUT2D eigenvalue weighted by Gasteiger charge is 2.09. The van der Waals surface area contributed by atoms with Crippen LogP contribution in [0.15, 0.2) is 17.5 Å². The predicted octanol–water partition coefficient (Wildman–Crippen LogP) is 2.12. The zero-order valence-electron chi connectivity index (χ0n) is 8.01. The summed E-state index contributed by atoms with van der Waals surface area (Å²) in [5.41, 5.74) is 0. The molecule has 2 aromatic heterocycles. The quantitative estimate of drug-likeness (QED) is 0.905. The molecule has 5 nitrogen and oxygen atoms in total. The summed E-state index contributed by atoms with van der Waals surface area (Å²) in [6.45, 7) is 0. The van der Waals surface area contributed by atoms with Crippen LogP contribution in [0.25, 0.3) is 9.88 Å². The molecule has 0 bridgehead atoms. The van der Waals surface area contributed by atoms with Crippen molar-refractivity contribution in [2.24, 2.45) is 0 Å². The van der Waals surface area contributed by atoms with E-state index in [1.807, 2.05) is 17.5 Å². The summed E-state index contributed by atoms with van der Waals surface area (Å²) in [6, 6.07) is 5.63. The molecule has 1 N–H and O–H groups in total. The molecule has 0 saturated heterocycles. The third-order valence-corrected chi connectivity index (χ3v) is 3.52. The van der Waals surface area contributed by atoms with Gasteiger partial charge in [-0.05, 0) is 11.4 Å². The van der Waals surface area contributed by atoms with Gasteiger partial charge in [-0.15, -0.1) is 21.5 Å². The normalized spacial score (nSPS) is 9.69. The van der Waals surface area contributed by atoms with Gasteiger partial charge >= 0.3 is 0 Å². The number of aromatic nitrogens is 2.